The number of carbonyl (C=O) groups is 1. The molecule has 2 saturated heterocycles. The zero-order valence-electron chi connectivity index (χ0n) is 22.4. The number of carbonyl (C=O) groups excluding carboxylic acids is 1. The van der Waals surface area contributed by atoms with Crippen LogP contribution >= 0.6 is 0 Å². The summed E-state index contributed by atoms with van der Waals surface area (Å²) in [4.78, 5) is 26.3. The van der Waals surface area contributed by atoms with Gasteiger partial charge in [-0.3, -0.25) is 9.79 Å². The maximum Gasteiger partial charge on any atom is 0.191 e. The molecule has 1 aliphatic carbocycles. The number of benzene rings is 1. The molecule has 0 unspecified atom stereocenters. The largest absolute Gasteiger partial charge is 0.375 e. The van der Waals surface area contributed by atoms with E-state index in [9.17, 15) is 4.79 Å². The Morgan fingerprint density at radius 3 is 2.53 bits per heavy atom. The molecule has 5 nitrogen and oxygen atoms in total. The number of hydrogen-bond acceptors (Lipinski definition) is 4. The molecule has 2 aromatic rings. The molecule has 0 spiro atoms. The van der Waals surface area contributed by atoms with E-state index in [2.05, 4.69) is 46.6 Å². The van der Waals surface area contributed by atoms with Gasteiger partial charge in [0, 0.05) is 65.7 Å². The highest BCUT2D eigenvalue weighted by molar-refractivity contribution is 6.19. The molecule has 0 radical (unpaired) electrons. The average molecular weight is 491 g/mol. The molecule has 2 aliphatic heterocycles. The molecule has 0 bridgehead atoms. The third-order valence-corrected chi connectivity index (χ3v) is 8.66. The number of hydrogen-bond donors (Lipinski definition) is 1. The van der Waals surface area contributed by atoms with E-state index in [0.717, 1.165) is 29.9 Å². The van der Waals surface area contributed by atoms with Crippen LogP contribution in [0, 0.1) is 5.82 Å². The fraction of sp³-hybridized carbons (Fsp3) is 0.533. The Morgan fingerprint density at radius 2 is 1.89 bits per heavy atom. The molecule has 0 saturated carbocycles. The number of halogens is 1. The number of nitrogens with zero attached hydrogens (tertiary/aromatic N) is 3. The van der Waals surface area contributed by atoms with Crippen molar-refractivity contribution in [2.45, 2.75) is 71.3 Å². The number of aromatic amines is 1. The van der Waals surface area contributed by atoms with Gasteiger partial charge in [-0.15, -0.1) is 0 Å². The second-order valence-electron chi connectivity index (χ2n) is 11.1. The van der Waals surface area contributed by atoms with Crippen molar-refractivity contribution in [2.24, 2.45) is 4.99 Å². The fourth-order valence-corrected chi connectivity index (χ4v) is 6.58. The molecule has 0 amide bonds. The van der Waals surface area contributed by atoms with E-state index in [1.54, 1.807) is 13.1 Å². The Hall–Kier alpha value is -2.73. The van der Waals surface area contributed by atoms with Gasteiger partial charge in [-0.1, -0.05) is 26.8 Å². The molecule has 6 heteroatoms. The first-order chi connectivity index (χ1) is 17.3. The third kappa shape index (κ3) is 4.03. The molecular weight excluding hydrogens is 451 g/mol. The molecule has 5 rings (SSSR count). The van der Waals surface area contributed by atoms with Crippen LogP contribution in [-0.2, 0) is 5.41 Å². The Kier molecular flexibility index (Phi) is 6.67. The summed E-state index contributed by atoms with van der Waals surface area (Å²) < 4.78 is 15.3. The minimum atomic E-state index is -0.450. The van der Waals surface area contributed by atoms with Gasteiger partial charge in [-0.2, -0.15) is 0 Å². The number of ketones is 1. The quantitative estimate of drug-likeness (QED) is 0.523. The number of allylic oxidation sites excluding steroid dienone is 4. The van der Waals surface area contributed by atoms with Gasteiger partial charge in [0.25, 0.3) is 0 Å². The highest BCUT2D eigenvalue weighted by Gasteiger charge is 2.41. The lowest BCUT2D eigenvalue weighted by atomic mass is 9.70. The van der Waals surface area contributed by atoms with E-state index in [-0.39, 0.29) is 11.6 Å². The van der Waals surface area contributed by atoms with Crippen molar-refractivity contribution in [3.63, 3.8) is 0 Å². The zero-order chi connectivity index (χ0) is 25.6. The summed E-state index contributed by atoms with van der Waals surface area (Å²) in [7, 11) is 1.63. The van der Waals surface area contributed by atoms with E-state index < -0.39 is 5.41 Å². The van der Waals surface area contributed by atoms with Crippen LogP contribution in [0.15, 0.2) is 40.0 Å². The highest BCUT2D eigenvalue weighted by atomic mass is 19.1. The topological polar surface area (TPSA) is 51.7 Å². The van der Waals surface area contributed by atoms with Gasteiger partial charge >= 0.3 is 0 Å². The van der Waals surface area contributed by atoms with Crippen LogP contribution in [0.3, 0.4) is 0 Å². The van der Waals surface area contributed by atoms with Crippen LogP contribution in [0.2, 0.25) is 0 Å². The summed E-state index contributed by atoms with van der Waals surface area (Å²) in [5, 5.41) is 0.656. The average Bonchev–Trinajstić information content (AvgIpc) is 3.54. The van der Waals surface area contributed by atoms with Gasteiger partial charge in [-0.05, 0) is 69.8 Å². The van der Waals surface area contributed by atoms with Gasteiger partial charge < -0.3 is 14.8 Å². The van der Waals surface area contributed by atoms with E-state index >= 15 is 4.39 Å². The highest BCUT2D eigenvalue weighted by Crippen LogP contribution is 2.45. The van der Waals surface area contributed by atoms with Crippen molar-refractivity contribution < 1.29 is 9.18 Å². The van der Waals surface area contributed by atoms with Gasteiger partial charge in [0.05, 0.1) is 11.1 Å². The van der Waals surface area contributed by atoms with E-state index in [1.807, 2.05) is 13.0 Å². The van der Waals surface area contributed by atoms with Gasteiger partial charge in [-0.25, -0.2) is 4.39 Å². The SMILES string of the molecule is CCC1=C(/C=C(\C)N2CCC(N3CCCC3)CC2)C(C)(C)c2[nH]c3c(F)c(/C=N\C)ccc3c2C1=O. The lowest BCUT2D eigenvalue weighted by Crippen LogP contribution is -2.43. The summed E-state index contributed by atoms with van der Waals surface area (Å²) in [6.07, 6.45) is 9.46. The number of likely N-dealkylation sites (tertiary alicyclic amines) is 2. The molecule has 2 fully saturated rings. The van der Waals surface area contributed by atoms with Gasteiger partial charge in [0.15, 0.2) is 11.6 Å². The second kappa shape index (κ2) is 9.62. The molecule has 1 aromatic heterocycles. The predicted octanol–water partition coefficient (Wildman–Crippen LogP) is 6.00. The normalized spacial score (nSPS) is 21.9. The van der Waals surface area contributed by atoms with Gasteiger partial charge in [0.1, 0.15) is 0 Å². The molecule has 1 N–H and O–H groups in total. The summed E-state index contributed by atoms with van der Waals surface area (Å²) in [5.74, 6) is -0.343. The molecule has 36 heavy (non-hydrogen) atoms. The smallest absolute Gasteiger partial charge is 0.191 e. The second-order valence-corrected chi connectivity index (χ2v) is 11.1. The first-order valence-electron chi connectivity index (χ1n) is 13.5. The van der Waals surface area contributed by atoms with Crippen molar-refractivity contribution >= 4 is 22.9 Å². The van der Waals surface area contributed by atoms with E-state index in [1.165, 1.54) is 50.7 Å². The van der Waals surface area contributed by atoms with Crippen LogP contribution in [0.25, 0.3) is 10.9 Å². The van der Waals surface area contributed by atoms with Crippen LogP contribution in [0.1, 0.15) is 81.4 Å². The third-order valence-electron chi connectivity index (χ3n) is 8.66. The monoisotopic (exact) mass is 490 g/mol. The van der Waals surface area contributed by atoms with E-state index in [4.69, 9.17) is 0 Å². The summed E-state index contributed by atoms with van der Waals surface area (Å²) in [6.45, 7) is 13.1. The molecule has 0 atom stereocenters. The summed E-state index contributed by atoms with van der Waals surface area (Å²) in [6, 6.07) is 4.27. The number of piperidine rings is 1. The molecular formula is C30H39FN4O. The number of nitrogens with one attached hydrogen (secondary N) is 1. The Balaban J connectivity index is 1.49. The van der Waals surface area contributed by atoms with Crippen molar-refractivity contribution in [1.29, 1.82) is 0 Å². The standard InChI is InChI=1S/C30H39FN4O/c1-6-22-24(17-19(2)34-15-11-21(12-16-34)35-13-7-8-14-35)30(3,4)29-25(28(22)36)23-10-9-20(18-32-5)26(31)27(23)33-29/h9-10,17-18,21,33H,6-8,11-16H2,1-5H3/b19-17+,32-18-. The Bertz CT molecular complexity index is 1270. The summed E-state index contributed by atoms with van der Waals surface area (Å²) in [5.41, 5.74) is 4.87. The lowest BCUT2D eigenvalue weighted by molar-refractivity contribution is 0.102. The zero-order valence-corrected chi connectivity index (χ0v) is 22.4. The Labute approximate surface area is 214 Å². The maximum atomic E-state index is 15.3. The van der Waals surface area contributed by atoms with Gasteiger partial charge in [0.2, 0.25) is 0 Å². The maximum absolute atomic E-state index is 15.3. The molecule has 1 aromatic carbocycles. The van der Waals surface area contributed by atoms with Crippen molar-refractivity contribution in [2.75, 3.05) is 33.2 Å². The first kappa shape index (κ1) is 24.9. The number of rotatable bonds is 5. The predicted molar refractivity (Wildman–Crippen MR) is 146 cm³/mol. The number of Topliss-reactive ketones (excluding diaryl/α,β-unsaturated/α-hetero) is 1. The lowest BCUT2D eigenvalue weighted by Gasteiger charge is -2.39. The molecule has 3 heterocycles. The van der Waals surface area contributed by atoms with Crippen LogP contribution < -0.4 is 0 Å². The Morgan fingerprint density at radius 1 is 1.19 bits per heavy atom. The number of H-pyrrole nitrogens is 1. The van der Waals surface area contributed by atoms with Crippen LogP contribution in [0.5, 0.6) is 0 Å². The summed E-state index contributed by atoms with van der Waals surface area (Å²) >= 11 is 0. The molecule has 3 aliphatic rings. The number of aromatic nitrogens is 1. The first-order valence-corrected chi connectivity index (χ1v) is 13.5. The molecule has 192 valence electrons. The minimum absolute atomic E-state index is 0.0150. The van der Waals surface area contributed by atoms with Crippen molar-refractivity contribution in [3.05, 3.63) is 57.7 Å². The number of fused-ring (bicyclic) bond motifs is 3. The van der Waals surface area contributed by atoms with Crippen LogP contribution in [-0.4, -0.2) is 66.1 Å². The van der Waals surface area contributed by atoms with Crippen LogP contribution in [0.4, 0.5) is 4.39 Å². The van der Waals surface area contributed by atoms with Crippen molar-refractivity contribution in [1.82, 2.24) is 14.8 Å². The van der Waals surface area contributed by atoms with E-state index in [0.29, 0.717) is 34.5 Å². The number of aliphatic imine (C=N–C) groups is 1. The minimum Gasteiger partial charge on any atom is -0.375 e. The van der Waals surface area contributed by atoms with Crippen molar-refractivity contribution in [3.8, 4) is 0 Å². The fourth-order valence-electron chi connectivity index (χ4n) is 6.58.